The van der Waals surface area contributed by atoms with E-state index in [0.29, 0.717) is 0 Å². The number of hydrogen-bond acceptors (Lipinski definition) is 2. The van der Waals surface area contributed by atoms with Gasteiger partial charge in [0.05, 0.1) is 11.2 Å². The standard InChI is InChI=1S/C11H9N2O/c1-13(8-14)10-6-2-4-9-5-3-7-12-11(9)10/h2-7H,1H3. The quantitative estimate of drug-likeness (QED) is 0.667. The SMILES string of the molecule is CN([C]=O)c1cccc2cccnc12. The molecule has 0 fully saturated rings. The molecule has 1 amide bonds. The summed E-state index contributed by atoms with van der Waals surface area (Å²) in [5.74, 6) is 0. The van der Waals surface area contributed by atoms with Crippen LogP contribution in [-0.2, 0) is 4.79 Å². The van der Waals surface area contributed by atoms with E-state index in [2.05, 4.69) is 4.98 Å². The van der Waals surface area contributed by atoms with E-state index >= 15 is 0 Å². The zero-order chi connectivity index (χ0) is 9.97. The van der Waals surface area contributed by atoms with E-state index in [1.54, 1.807) is 13.2 Å². The topological polar surface area (TPSA) is 33.2 Å². The van der Waals surface area contributed by atoms with Gasteiger partial charge in [-0.1, -0.05) is 18.2 Å². The summed E-state index contributed by atoms with van der Waals surface area (Å²) in [6, 6.07) is 9.54. The molecule has 0 saturated heterocycles. The molecule has 1 aromatic heterocycles. The first-order valence-electron chi connectivity index (χ1n) is 4.28. The molecule has 3 nitrogen and oxygen atoms in total. The fraction of sp³-hybridized carbons (Fsp3) is 0.0909. The van der Waals surface area contributed by atoms with E-state index in [1.165, 1.54) is 4.90 Å². The number of benzene rings is 1. The van der Waals surface area contributed by atoms with Crippen molar-refractivity contribution in [2.45, 2.75) is 0 Å². The molecular weight excluding hydrogens is 176 g/mol. The van der Waals surface area contributed by atoms with Gasteiger partial charge in [0.1, 0.15) is 0 Å². The van der Waals surface area contributed by atoms with E-state index < -0.39 is 0 Å². The van der Waals surface area contributed by atoms with E-state index in [1.807, 2.05) is 36.7 Å². The van der Waals surface area contributed by atoms with E-state index in [4.69, 9.17) is 0 Å². The molecule has 2 aromatic rings. The van der Waals surface area contributed by atoms with Gasteiger partial charge in [0.25, 0.3) is 0 Å². The van der Waals surface area contributed by atoms with Gasteiger partial charge in [0.2, 0.25) is 0 Å². The number of hydrogen-bond donors (Lipinski definition) is 0. The average Bonchev–Trinajstić information content (AvgIpc) is 2.27. The zero-order valence-corrected chi connectivity index (χ0v) is 7.77. The summed E-state index contributed by atoms with van der Waals surface area (Å²) in [6.45, 7) is 0. The maximum Gasteiger partial charge on any atom is 0.316 e. The molecule has 1 aromatic carbocycles. The number of anilines is 1. The van der Waals surface area contributed by atoms with Crippen LogP contribution in [0.4, 0.5) is 5.69 Å². The van der Waals surface area contributed by atoms with Gasteiger partial charge in [-0.25, -0.2) is 0 Å². The third kappa shape index (κ3) is 1.33. The highest BCUT2D eigenvalue weighted by molar-refractivity contribution is 5.95. The molecule has 0 N–H and O–H groups in total. The Morgan fingerprint density at radius 3 is 2.86 bits per heavy atom. The van der Waals surface area contributed by atoms with Gasteiger partial charge >= 0.3 is 6.41 Å². The summed E-state index contributed by atoms with van der Waals surface area (Å²) < 4.78 is 0. The molecule has 1 heterocycles. The summed E-state index contributed by atoms with van der Waals surface area (Å²) in [6.07, 6.45) is 3.53. The van der Waals surface area contributed by atoms with Gasteiger partial charge in [-0.05, 0) is 12.1 Å². The van der Waals surface area contributed by atoms with Gasteiger partial charge in [0.15, 0.2) is 0 Å². The van der Waals surface area contributed by atoms with Gasteiger partial charge in [-0.15, -0.1) is 0 Å². The highest BCUT2D eigenvalue weighted by Gasteiger charge is 2.05. The predicted molar refractivity (Wildman–Crippen MR) is 55.8 cm³/mol. The molecule has 0 saturated carbocycles. The minimum Gasteiger partial charge on any atom is -0.305 e. The van der Waals surface area contributed by atoms with Crippen molar-refractivity contribution < 1.29 is 4.79 Å². The molecule has 69 valence electrons. The van der Waals surface area contributed by atoms with E-state index in [-0.39, 0.29) is 0 Å². The monoisotopic (exact) mass is 185 g/mol. The van der Waals surface area contributed by atoms with Crippen molar-refractivity contribution in [3.63, 3.8) is 0 Å². The lowest BCUT2D eigenvalue weighted by atomic mass is 10.2. The first-order chi connectivity index (χ1) is 6.83. The second kappa shape index (κ2) is 3.46. The second-order valence-electron chi connectivity index (χ2n) is 3.00. The number of fused-ring (bicyclic) bond motifs is 1. The molecule has 0 aliphatic rings. The molecule has 14 heavy (non-hydrogen) atoms. The highest BCUT2D eigenvalue weighted by atomic mass is 16.1. The summed E-state index contributed by atoms with van der Waals surface area (Å²) in [5.41, 5.74) is 1.60. The van der Waals surface area contributed by atoms with Gasteiger partial charge < -0.3 is 4.90 Å². The summed E-state index contributed by atoms with van der Waals surface area (Å²) in [5, 5.41) is 1.02. The maximum absolute atomic E-state index is 10.5. The minimum absolute atomic E-state index is 0.776. The smallest absolute Gasteiger partial charge is 0.305 e. The van der Waals surface area contributed by atoms with Crippen molar-refractivity contribution in [3.05, 3.63) is 36.5 Å². The van der Waals surface area contributed by atoms with Crippen LogP contribution in [0.5, 0.6) is 0 Å². The Morgan fingerprint density at radius 2 is 2.07 bits per heavy atom. The molecule has 2 rings (SSSR count). The third-order valence-electron chi connectivity index (χ3n) is 2.11. The van der Waals surface area contributed by atoms with Crippen molar-refractivity contribution in [1.29, 1.82) is 0 Å². The van der Waals surface area contributed by atoms with Crippen molar-refractivity contribution >= 4 is 23.0 Å². The Bertz CT molecular complexity index is 462. The Labute approximate surface area is 82.0 Å². The number of carbonyl (C=O) groups excluding carboxylic acids is 1. The molecule has 0 bridgehead atoms. The fourth-order valence-corrected chi connectivity index (χ4v) is 1.41. The van der Waals surface area contributed by atoms with Crippen molar-refractivity contribution in [2.24, 2.45) is 0 Å². The van der Waals surface area contributed by atoms with Gasteiger partial charge in [0, 0.05) is 18.6 Å². The minimum atomic E-state index is 0.776. The lowest BCUT2D eigenvalue weighted by molar-refractivity contribution is 0.554. The zero-order valence-electron chi connectivity index (χ0n) is 7.77. The Morgan fingerprint density at radius 1 is 1.29 bits per heavy atom. The fourth-order valence-electron chi connectivity index (χ4n) is 1.41. The van der Waals surface area contributed by atoms with Crippen LogP contribution in [-0.4, -0.2) is 18.4 Å². The molecule has 1 radical (unpaired) electrons. The second-order valence-corrected chi connectivity index (χ2v) is 3.00. The predicted octanol–water partition coefficient (Wildman–Crippen LogP) is 1.74. The molecule has 0 unspecified atom stereocenters. The average molecular weight is 185 g/mol. The van der Waals surface area contributed by atoms with Crippen LogP contribution < -0.4 is 4.90 Å². The largest absolute Gasteiger partial charge is 0.316 e. The normalized spacial score (nSPS) is 10.1. The van der Waals surface area contributed by atoms with Crippen LogP contribution in [0.1, 0.15) is 0 Å². The van der Waals surface area contributed by atoms with Crippen LogP contribution >= 0.6 is 0 Å². The summed E-state index contributed by atoms with van der Waals surface area (Å²) in [7, 11) is 1.66. The number of amides is 1. The third-order valence-corrected chi connectivity index (χ3v) is 2.11. The van der Waals surface area contributed by atoms with Crippen LogP contribution in [0, 0.1) is 0 Å². The summed E-state index contributed by atoms with van der Waals surface area (Å²) >= 11 is 0. The van der Waals surface area contributed by atoms with Crippen molar-refractivity contribution in [3.8, 4) is 0 Å². The number of nitrogens with zero attached hydrogens (tertiary/aromatic N) is 2. The lowest BCUT2D eigenvalue weighted by Gasteiger charge is -2.11. The van der Waals surface area contributed by atoms with Gasteiger partial charge in [-0.2, -0.15) is 0 Å². The molecule has 0 aliphatic heterocycles. The van der Waals surface area contributed by atoms with Gasteiger partial charge in [-0.3, -0.25) is 9.78 Å². The van der Waals surface area contributed by atoms with Crippen molar-refractivity contribution in [1.82, 2.24) is 4.98 Å². The Kier molecular flexibility index (Phi) is 2.14. The molecular formula is C11H9N2O. The molecule has 0 atom stereocenters. The first-order valence-corrected chi connectivity index (χ1v) is 4.28. The number of rotatable bonds is 2. The lowest BCUT2D eigenvalue weighted by Crippen LogP contribution is -2.14. The van der Waals surface area contributed by atoms with Crippen LogP contribution in [0.15, 0.2) is 36.5 Å². The molecule has 0 spiro atoms. The first kappa shape index (κ1) is 8.69. The van der Waals surface area contributed by atoms with Crippen LogP contribution in [0.2, 0.25) is 0 Å². The number of pyridine rings is 1. The highest BCUT2D eigenvalue weighted by Crippen LogP contribution is 2.22. The number of para-hydroxylation sites is 1. The Hall–Kier alpha value is -1.90. The molecule has 3 heteroatoms. The summed E-state index contributed by atoms with van der Waals surface area (Å²) in [4.78, 5) is 16.1. The Balaban J connectivity index is 2.70. The van der Waals surface area contributed by atoms with E-state index in [0.717, 1.165) is 16.6 Å². The van der Waals surface area contributed by atoms with Crippen molar-refractivity contribution in [2.75, 3.05) is 11.9 Å². The van der Waals surface area contributed by atoms with Crippen LogP contribution in [0.25, 0.3) is 10.9 Å². The molecule has 0 aliphatic carbocycles. The van der Waals surface area contributed by atoms with E-state index in [9.17, 15) is 4.79 Å². The maximum atomic E-state index is 10.5. The number of aromatic nitrogens is 1. The van der Waals surface area contributed by atoms with Crippen LogP contribution in [0.3, 0.4) is 0 Å².